The third-order valence-corrected chi connectivity index (χ3v) is 8.12. The molecule has 2 aliphatic rings. The van der Waals surface area contributed by atoms with Gasteiger partial charge in [0.1, 0.15) is 21.8 Å². The van der Waals surface area contributed by atoms with Gasteiger partial charge in [-0.15, -0.1) is 0 Å². The van der Waals surface area contributed by atoms with Crippen molar-refractivity contribution in [3.63, 3.8) is 0 Å². The van der Waals surface area contributed by atoms with Gasteiger partial charge in [0, 0.05) is 25.7 Å². The highest BCUT2D eigenvalue weighted by Gasteiger charge is 2.34. The van der Waals surface area contributed by atoms with Gasteiger partial charge < -0.3 is 4.90 Å². The van der Waals surface area contributed by atoms with E-state index in [0.717, 1.165) is 42.0 Å². The van der Waals surface area contributed by atoms with Gasteiger partial charge >= 0.3 is 0 Å². The number of hydrogen-bond donors (Lipinski definition) is 0. The Morgan fingerprint density at radius 3 is 2.37 bits per heavy atom. The first-order chi connectivity index (χ1) is 16.6. The van der Waals surface area contributed by atoms with Crippen LogP contribution in [-0.4, -0.2) is 32.8 Å². The number of carbonyl (C=O) groups excluding carboxylic acids is 1. The molecule has 35 heavy (non-hydrogen) atoms. The van der Waals surface area contributed by atoms with Crippen molar-refractivity contribution in [2.45, 2.75) is 40.7 Å². The minimum Gasteiger partial charge on any atom is -0.357 e. The Balaban J connectivity index is 1.78. The van der Waals surface area contributed by atoms with E-state index in [4.69, 9.17) is 12.2 Å². The average Bonchev–Trinajstić information content (AvgIpc) is 3.06. The lowest BCUT2D eigenvalue weighted by atomic mass is 9.91. The van der Waals surface area contributed by atoms with Gasteiger partial charge in [-0.3, -0.25) is 19.1 Å². The molecule has 8 heteroatoms. The van der Waals surface area contributed by atoms with Crippen LogP contribution in [0, 0.1) is 37.0 Å². The van der Waals surface area contributed by atoms with E-state index in [2.05, 4.69) is 24.8 Å². The predicted octanol–water partition coefficient (Wildman–Crippen LogP) is 4.76. The number of aryl methyl sites for hydroxylation is 1. The van der Waals surface area contributed by atoms with Gasteiger partial charge in [0.25, 0.3) is 11.5 Å². The summed E-state index contributed by atoms with van der Waals surface area (Å²) in [6.07, 6.45) is 2.95. The molecule has 1 aromatic heterocycles. The lowest BCUT2D eigenvalue weighted by Crippen LogP contribution is -2.42. The first-order valence-electron chi connectivity index (χ1n) is 11.8. The summed E-state index contributed by atoms with van der Waals surface area (Å²) in [4.78, 5) is 30.8. The summed E-state index contributed by atoms with van der Waals surface area (Å²) < 4.78 is 2.07. The number of carbonyl (C=O) groups is 1. The molecule has 2 saturated heterocycles. The van der Waals surface area contributed by atoms with E-state index in [1.54, 1.807) is 23.4 Å². The van der Waals surface area contributed by atoms with E-state index in [0.29, 0.717) is 33.2 Å². The normalized spacial score (nSPS) is 21.7. The quantitative estimate of drug-likeness (QED) is 0.440. The summed E-state index contributed by atoms with van der Waals surface area (Å²) in [7, 11) is 1.71. The molecule has 0 radical (unpaired) electrons. The Morgan fingerprint density at radius 2 is 1.77 bits per heavy atom. The van der Waals surface area contributed by atoms with Gasteiger partial charge in [-0.25, -0.2) is 0 Å². The molecule has 1 amide bonds. The van der Waals surface area contributed by atoms with Crippen molar-refractivity contribution in [2.24, 2.45) is 18.9 Å². The zero-order valence-corrected chi connectivity index (χ0v) is 22.4. The third-order valence-electron chi connectivity index (χ3n) is 6.75. The maximum atomic E-state index is 13.4. The van der Waals surface area contributed by atoms with E-state index >= 15 is 0 Å². The molecule has 3 heterocycles. The third kappa shape index (κ3) is 4.93. The van der Waals surface area contributed by atoms with Crippen LogP contribution < -0.4 is 10.5 Å². The predicted molar refractivity (Wildman–Crippen MR) is 146 cm³/mol. The first-order valence-corrected chi connectivity index (χ1v) is 13.0. The number of aromatic nitrogens is 1. The van der Waals surface area contributed by atoms with Gasteiger partial charge in [0.2, 0.25) is 0 Å². The van der Waals surface area contributed by atoms with Crippen LogP contribution in [0.15, 0.2) is 34.0 Å². The minimum absolute atomic E-state index is 0.107. The van der Waals surface area contributed by atoms with Crippen LogP contribution in [0.2, 0.25) is 0 Å². The molecule has 0 bridgehead atoms. The summed E-state index contributed by atoms with van der Waals surface area (Å²) in [6.45, 7) is 10.3. The molecule has 0 aliphatic carbocycles. The fourth-order valence-corrected chi connectivity index (χ4v) is 6.31. The molecule has 1 aromatic carbocycles. The summed E-state index contributed by atoms with van der Waals surface area (Å²) in [5.74, 6) is 1.56. The zero-order valence-electron chi connectivity index (χ0n) is 20.8. The van der Waals surface area contributed by atoms with E-state index in [-0.39, 0.29) is 17.0 Å². The monoisotopic (exact) mass is 506 g/mol. The number of amides is 1. The van der Waals surface area contributed by atoms with E-state index in [1.165, 1.54) is 11.8 Å². The topological polar surface area (TPSA) is 69.3 Å². The van der Waals surface area contributed by atoms with Crippen LogP contribution in [-0.2, 0) is 18.4 Å². The second-order valence-corrected chi connectivity index (χ2v) is 11.5. The molecule has 2 fully saturated rings. The molecule has 4 rings (SSSR count). The first kappa shape index (κ1) is 25.2. The van der Waals surface area contributed by atoms with Crippen molar-refractivity contribution in [2.75, 3.05) is 18.0 Å². The summed E-state index contributed by atoms with van der Waals surface area (Å²) in [5, 5.41) is 9.72. The Morgan fingerprint density at radius 1 is 1.14 bits per heavy atom. The molecule has 2 aromatic rings. The molecular formula is C27H30N4O2S2. The molecule has 182 valence electrons. The van der Waals surface area contributed by atoms with Crippen LogP contribution >= 0.6 is 24.0 Å². The van der Waals surface area contributed by atoms with Gasteiger partial charge in [0.15, 0.2) is 0 Å². The van der Waals surface area contributed by atoms with E-state index in [9.17, 15) is 14.9 Å². The van der Waals surface area contributed by atoms with Crippen LogP contribution in [0.1, 0.15) is 48.1 Å². The van der Waals surface area contributed by atoms with Crippen molar-refractivity contribution in [1.82, 2.24) is 9.47 Å². The molecule has 2 aliphatic heterocycles. The second-order valence-electron chi connectivity index (χ2n) is 9.82. The smallest absolute Gasteiger partial charge is 0.270 e. The van der Waals surface area contributed by atoms with E-state index in [1.807, 2.05) is 37.3 Å². The Labute approximate surface area is 216 Å². The number of hydrogen-bond acceptors (Lipinski definition) is 6. The summed E-state index contributed by atoms with van der Waals surface area (Å²) in [5.41, 5.74) is 3.30. The zero-order chi connectivity index (χ0) is 25.4. The molecular weight excluding hydrogens is 476 g/mol. The molecule has 2 unspecified atom stereocenters. The van der Waals surface area contributed by atoms with Gasteiger partial charge in [0.05, 0.1) is 11.4 Å². The van der Waals surface area contributed by atoms with Crippen molar-refractivity contribution in [3.05, 3.63) is 67.3 Å². The molecule has 2 atom stereocenters. The number of piperidine rings is 1. The van der Waals surface area contributed by atoms with Gasteiger partial charge in [-0.1, -0.05) is 67.7 Å². The fourth-order valence-electron chi connectivity index (χ4n) is 5.07. The lowest BCUT2D eigenvalue weighted by Gasteiger charge is -2.38. The Bertz CT molecular complexity index is 1310. The second kappa shape index (κ2) is 10.00. The number of rotatable bonds is 4. The van der Waals surface area contributed by atoms with Gasteiger partial charge in [-0.05, 0) is 49.3 Å². The molecule has 0 N–H and O–H groups in total. The molecule has 0 saturated carbocycles. The van der Waals surface area contributed by atoms with E-state index < -0.39 is 0 Å². The van der Waals surface area contributed by atoms with Crippen molar-refractivity contribution >= 4 is 46.1 Å². The maximum Gasteiger partial charge on any atom is 0.270 e. The van der Waals surface area contributed by atoms with Crippen LogP contribution in [0.25, 0.3) is 6.08 Å². The fraction of sp³-hybridized carbons (Fsp3) is 0.407. The number of thiocarbonyl (C=S) groups is 1. The highest BCUT2D eigenvalue weighted by molar-refractivity contribution is 8.26. The van der Waals surface area contributed by atoms with Crippen molar-refractivity contribution in [3.8, 4) is 6.07 Å². The number of pyridine rings is 1. The Hall–Kier alpha value is -2.89. The van der Waals surface area contributed by atoms with Gasteiger partial charge in [-0.2, -0.15) is 5.26 Å². The largest absolute Gasteiger partial charge is 0.357 e. The number of thioether (sulfide) groups is 1. The van der Waals surface area contributed by atoms with Crippen molar-refractivity contribution in [1.29, 1.82) is 5.26 Å². The van der Waals surface area contributed by atoms with Crippen LogP contribution in [0.3, 0.4) is 0 Å². The standard InChI is InChI=1S/C27H30N4O2S2/c1-16-6-8-20(9-7-16)15-31-26(33)23(35-27(31)34)11-21-19(4)22(12-28)25(32)29(5)24(21)30-13-17(2)10-18(3)14-30/h6-9,11,17-18H,10,13-15H2,1-5H3/b23-11+. The Kier molecular flexibility index (Phi) is 7.20. The number of nitrogens with zero attached hydrogens (tertiary/aromatic N) is 4. The maximum absolute atomic E-state index is 13.4. The summed E-state index contributed by atoms with van der Waals surface area (Å²) in [6, 6.07) is 10.1. The van der Waals surface area contributed by atoms with Crippen LogP contribution in [0.4, 0.5) is 5.82 Å². The average molecular weight is 507 g/mol. The highest BCUT2D eigenvalue weighted by Crippen LogP contribution is 2.37. The SMILES string of the molecule is Cc1ccc(CN2C(=O)/C(=C\c3c(C)c(C#N)c(=O)n(C)c3N3CC(C)CC(C)C3)SC2=S)cc1. The molecule has 6 nitrogen and oxygen atoms in total. The van der Waals surface area contributed by atoms with Crippen molar-refractivity contribution < 1.29 is 4.79 Å². The number of anilines is 1. The summed E-state index contributed by atoms with van der Waals surface area (Å²) >= 11 is 6.83. The lowest BCUT2D eigenvalue weighted by molar-refractivity contribution is -0.122. The number of benzene rings is 1. The molecule has 0 spiro atoms. The minimum atomic E-state index is -0.310. The highest BCUT2D eigenvalue weighted by atomic mass is 32.2. The van der Waals surface area contributed by atoms with Crippen LogP contribution in [0.5, 0.6) is 0 Å². The number of nitriles is 1.